The highest BCUT2D eigenvalue weighted by Gasteiger charge is 2.39. The van der Waals surface area contributed by atoms with Crippen molar-refractivity contribution in [2.24, 2.45) is 7.05 Å². The number of aryl methyl sites for hydroxylation is 2. The third-order valence-electron chi connectivity index (χ3n) is 6.11. The Bertz CT molecular complexity index is 759. The number of pyridine rings is 1. The molecule has 0 bridgehead atoms. The number of nitrogens with one attached hydrogen (secondary N) is 1. The summed E-state index contributed by atoms with van der Waals surface area (Å²) in [7, 11) is 4.18. The number of nitrogens with zero attached hydrogens (tertiary/aromatic N) is 5. The number of ether oxygens (including phenoxy) is 1. The number of fused-ring (bicyclic) bond motifs is 1. The van der Waals surface area contributed by atoms with Gasteiger partial charge in [-0.3, -0.25) is 9.58 Å². The van der Waals surface area contributed by atoms with Crippen molar-refractivity contribution >= 4 is 16.7 Å². The van der Waals surface area contributed by atoms with Gasteiger partial charge in [0, 0.05) is 44.1 Å². The molecule has 0 saturated carbocycles. The van der Waals surface area contributed by atoms with Crippen molar-refractivity contribution in [3.8, 4) is 0 Å². The van der Waals surface area contributed by atoms with Gasteiger partial charge in [-0.05, 0) is 46.0 Å². The fourth-order valence-electron chi connectivity index (χ4n) is 4.46. The zero-order chi connectivity index (χ0) is 18.1. The molecule has 7 heteroatoms. The highest BCUT2D eigenvalue weighted by atomic mass is 16.5. The van der Waals surface area contributed by atoms with Crippen LogP contribution in [0.5, 0.6) is 0 Å². The van der Waals surface area contributed by atoms with E-state index >= 15 is 0 Å². The maximum absolute atomic E-state index is 5.60. The van der Waals surface area contributed by atoms with Crippen LogP contribution >= 0.6 is 0 Å². The number of anilines is 1. The van der Waals surface area contributed by atoms with E-state index in [0.29, 0.717) is 0 Å². The Morgan fingerprint density at radius 1 is 1.15 bits per heavy atom. The van der Waals surface area contributed by atoms with Crippen molar-refractivity contribution in [3.63, 3.8) is 0 Å². The first-order valence-electron chi connectivity index (χ1n) is 9.63. The van der Waals surface area contributed by atoms with Crippen molar-refractivity contribution in [1.82, 2.24) is 24.6 Å². The molecule has 2 aromatic heterocycles. The van der Waals surface area contributed by atoms with Gasteiger partial charge in [0.15, 0.2) is 5.65 Å². The Kier molecular flexibility index (Phi) is 4.86. The van der Waals surface area contributed by atoms with Gasteiger partial charge in [0.2, 0.25) is 0 Å². The van der Waals surface area contributed by atoms with Crippen molar-refractivity contribution in [1.29, 1.82) is 0 Å². The van der Waals surface area contributed by atoms with Gasteiger partial charge in [-0.1, -0.05) is 0 Å². The van der Waals surface area contributed by atoms with E-state index in [-0.39, 0.29) is 5.54 Å². The van der Waals surface area contributed by atoms with Crippen LogP contribution in [0.4, 0.5) is 5.69 Å². The Morgan fingerprint density at radius 2 is 1.88 bits per heavy atom. The number of piperidine rings is 1. The van der Waals surface area contributed by atoms with E-state index in [2.05, 4.69) is 45.2 Å². The molecule has 0 aliphatic carbocycles. The average Bonchev–Trinajstić information content (AvgIpc) is 2.97. The van der Waals surface area contributed by atoms with Crippen LogP contribution in [0.2, 0.25) is 0 Å². The van der Waals surface area contributed by atoms with Crippen LogP contribution in [0.15, 0.2) is 12.3 Å². The first-order chi connectivity index (χ1) is 12.6. The van der Waals surface area contributed by atoms with Gasteiger partial charge in [0.05, 0.1) is 24.3 Å². The number of hydrogen-bond donors (Lipinski definition) is 1. The molecule has 2 fully saturated rings. The monoisotopic (exact) mass is 358 g/mol. The fraction of sp³-hybridized carbons (Fsp3) is 0.684. The second-order valence-electron chi connectivity index (χ2n) is 7.75. The molecule has 0 spiro atoms. The van der Waals surface area contributed by atoms with E-state index < -0.39 is 0 Å². The lowest BCUT2D eigenvalue weighted by Gasteiger charge is -2.50. The Morgan fingerprint density at radius 3 is 2.62 bits per heavy atom. The van der Waals surface area contributed by atoms with Gasteiger partial charge in [-0.15, -0.1) is 0 Å². The number of aromatic nitrogens is 3. The Balaban J connectivity index is 1.59. The molecular formula is C19H30N6O. The zero-order valence-corrected chi connectivity index (χ0v) is 16.2. The van der Waals surface area contributed by atoms with Crippen LogP contribution in [0.25, 0.3) is 11.0 Å². The summed E-state index contributed by atoms with van der Waals surface area (Å²) in [4.78, 5) is 9.60. The smallest absolute Gasteiger partial charge is 0.159 e. The van der Waals surface area contributed by atoms with Crippen LogP contribution < -0.4 is 5.32 Å². The van der Waals surface area contributed by atoms with Crippen LogP contribution in [0.3, 0.4) is 0 Å². The number of likely N-dealkylation sites (tertiary alicyclic amines) is 1. The van der Waals surface area contributed by atoms with Gasteiger partial charge >= 0.3 is 0 Å². The zero-order valence-electron chi connectivity index (χ0n) is 16.2. The van der Waals surface area contributed by atoms with Crippen LogP contribution in [0.1, 0.15) is 18.5 Å². The first kappa shape index (κ1) is 17.7. The molecule has 142 valence electrons. The minimum atomic E-state index is 0.196. The highest BCUT2D eigenvalue weighted by molar-refractivity contribution is 5.91. The van der Waals surface area contributed by atoms with Crippen LogP contribution in [0, 0.1) is 6.92 Å². The molecular weight excluding hydrogens is 328 g/mol. The van der Waals surface area contributed by atoms with Gasteiger partial charge in [-0.25, -0.2) is 4.98 Å². The molecule has 2 aliphatic heterocycles. The summed E-state index contributed by atoms with van der Waals surface area (Å²) < 4.78 is 7.47. The quantitative estimate of drug-likeness (QED) is 0.894. The van der Waals surface area contributed by atoms with E-state index in [9.17, 15) is 0 Å². The van der Waals surface area contributed by atoms with Gasteiger partial charge in [-0.2, -0.15) is 5.10 Å². The Labute approximate surface area is 155 Å². The normalized spacial score (nSPS) is 22.0. The summed E-state index contributed by atoms with van der Waals surface area (Å²) in [6.45, 7) is 9.06. The van der Waals surface area contributed by atoms with Crippen molar-refractivity contribution in [3.05, 3.63) is 18.0 Å². The first-order valence-corrected chi connectivity index (χ1v) is 9.63. The summed E-state index contributed by atoms with van der Waals surface area (Å²) in [5, 5.41) is 9.45. The molecule has 7 nitrogen and oxygen atoms in total. The number of morpholine rings is 1. The van der Waals surface area contributed by atoms with E-state index in [4.69, 9.17) is 4.74 Å². The molecule has 0 amide bonds. The van der Waals surface area contributed by atoms with E-state index in [0.717, 1.165) is 68.4 Å². The van der Waals surface area contributed by atoms with Gasteiger partial charge < -0.3 is 15.0 Å². The largest absolute Gasteiger partial charge is 0.382 e. The maximum Gasteiger partial charge on any atom is 0.159 e. The second kappa shape index (κ2) is 7.13. The topological polar surface area (TPSA) is 58.5 Å². The van der Waals surface area contributed by atoms with E-state index in [1.807, 2.05) is 17.9 Å². The summed E-state index contributed by atoms with van der Waals surface area (Å²) in [5.41, 5.74) is 3.31. The summed E-state index contributed by atoms with van der Waals surface area (Å²) in [6, 6.07) is 2.08. The SMILES string of the molecule is Cc1nn(C)c2nccc(NCC3(N4CCOCC4)CCN(C)CC3)c12. The molecule has 0 unspecified atom stereocenters. The summed E-state index contributed by atoms with van der Waals surface area (Å²) in [6.07, 6.45) is 4.26. The molecule has 26 heavy (non-hydrogen) atoms. The lowest BCUT2D eigenvalue weighted by atomic mass is 9.85. The molecule has 2 saturated heterocycles. The van der Waals surface area contributed by atoms with E-state index in [1.54, 1.807) is 0 Å². The highest BCUT2D eigenvalue weighted by Crippen LogP contribution is 2.31. The lowest BCUT2D eigenvalue weighted by Crippen LogP contribution is -2.61. The van der Waals surface area contributed by atoms with Gasteiger partial charge in [0.1, 0.15) is 0 Å². The molecule has 4 rings (SSSR count). The molecule has 4 heterocycles. The third kappa shape index (κ3) is 3.19. The average molecular weight is 358 g/mol. The summed E-state index contributed by atoms with van der Waals surface area (Å²) in [5.74, 6) is 0. The minimum absolute atomic E-state index is 0.196. The maximum atomic E-state index is 5.60. The molecule has 0 aromatic carbocycles. The Hall–Kier alpha value is -1.70. The minimum Gasteiger partial charge on any atom is -0.382 e. The number of rotatable bonds is 4. The van der Waals surface area contributed by atoms with E-state index in [1.165, 1.54) is 12.8 Å². The van der Waals surface area contributed by atoms with Crippen molar-refractivity contribution in [2.45, 2.75) is 25.3 Å². The number of hydrogen-bond acceptors (Lipinski definition) is 6. The molecule has 2 aromatic rings. The van der Waals surface area contributed by atoms with Crippen LogP contribution in [-0.4, -0.2) is 83.1 Å². The van der Waals surface area contributed by atoms with Crippen molar-refractivity contribution in [2.75, 3.05) is 58.3 Å². The predicted molar refractivity (Wildman–Crippen MR) is 104 cm³/mol. The van der Waals surface area contributed by atoms with Gasteiger partial charge in [0.25, 0.3) is 0 Å². The molecule has 0 atom stereocenters. The third-order valence-corrected chi connectivity index (χ3v) is 6.11. The predicted octanol–water partition coefficient (Wildman–Crippen LogP) is 1.49. The fourth-order valence-corrected chi connectivity index (χ4v) is 4.46. The second-order valence-corrected chi connectivity index (χ2v) is 7.75. The lowest BCUT2D eigenvalue weighted by molar-refractivity contribution is -0.0396. The molecule has 1 N–H and O–H groups in total. The standard InChI is InChI=1S/C19H30N6O/c1-15-17-16(4-7-20-18(17)24(3)22-15)21-14-19(5-8-23(2)9-6-19)25-10-12-26-13-11-25/h4,7H,5-6,8-14H2,1-3H3,(H,20,21). The van der Waals surface area contributed by atoms with Crippen molar-refractivity contribution < 1.29 is 4.74 Å². The summed E-state index contributed by atoms with van der Waals surface area (Å²) >= 11 is 0. The molecule has 0 radical (unpaired) electrons. The van der Waals surface area contributed by atoms with Crippen LogP contribution in [-0.2, 0) is 11.8 Å². The molecule has 2 aliphatic rings.